The second-order valence-corrected chi connectivity index (χ2v) is 5.74. The van der Waals surface area contributed by atoms with Crippen molar-refractivity contribution in [1.29, 1.82) is 0 Å². The summed E-state index contributed by atoms with van der Waals surface area (Å²) in [6.07, 6.45) is 0.599. The SMILES string of the molecule is [2H]COCCNC(=O)C[C@H](NC(=O)c1ccc(CC)cc1)C(=O)NCCOC[2H]. The van der Waals surface area contributed by atoms with Crippen molar-refractivity contribution >= 4 is 17.7 Å². The number of methoxy groups -OCH3 is 2. The van der Waals surface area contributed by atoms with Crippen LogP contribution in [0.25, 0.3) is 0 Å². The van der Waals surface area contributed by atoms with Crippen molar-refractivity contribution in [3.8, 4) is 0 Å². The highest BCUT2D eigenvalue weighted by Crippen LogP contribution is 2.06. The molecule has 0 aromatic heterocycles. The van der Waals surface area contributed by atoms with Crippen LogP contribution in [0.3, 0.4) is 0 Å². The Balaban J connectivity index is 2.70. The number of benzene rings is 1. The molecule has 3 amide bonds. The van der Waals surface area contributed by atoms with Crippen LogP contribution in [-0.4, -0.2) is 64.2 Å². The number of hydrogen-bond donors (Lipinski definition) is 3. The lowest BCUT2D eigenvalue weighted by molar-refractivity contribution is -0.128. The number of ether oxygens (including phenoxy) is 2. The molecule has 27 heavy (non-hydrogen) atoms. The lowest BCUT2D eigenvalue weighted by atomic mass is 10.1. The highest BCUT2D eigenvalue weighted by Gasteiger charge is 2.24. The molecule has 1 aromatic carbocycles. The number of carbonyl (C=O) groups is 3. The normalized spacial score (nSPS) is 12.5. The third-order valence-electron chi connectivity index (χ3n) is 3.75. The Morgan fingerprint density at radius 3 is 2.26 bits per heavy atom. The minimum atomic E-state index is -1.07. The summed E-state index contributed by atoms with van der Waals surface area (Å²) in [6, 6.07) is 5.94. The van der Waals surface area contributed by atoms with E-state index in [-0.39, 0.29) is 46.9 Å². The Morgan fingerprint density at radius 1 is 1.04 bits per heavy atom. The summed E-state index contributed by atoms with van der Waals surface area (Å²) in [5.41, 5.74) is 1.47. The van der Waals surface area contributed by atoms with Gasteiger partial charge in [-0.05, 0) is 24.1 Å². The molecule has 1 atom stereocenters. The Bertz CT molecular complexity index is 643. The van der Waals surface area contributed by atoms with Gasteiger partial charge in [0.2, 0.25) is 11.8 Å². The molecule has 0 spiro atoms. The van der Waals surface area contributed by atoms with E-state index in [0.717, 1.165) is 12.0 Å². The first-order valence-corrected chi connectivity index (χ1v) is 8.70. The molecular formula is C19H29N3O5. The molecule has 1 aromatic rings. The van der Waals surface area contributed by atoms with Gasteiger partial charge in [0.25, 0.3) is 5.91 Å². The van der Waals surface area contributed by atoms with E-state index in [0.29, 0.717) is 5.56 Å². The second-order valence-electron chi connectivity index (χ2n) is 5.74. The molecule has 0 saturated carbocycles. The van der Waals surface area contributed by atoms with Crippen LogP contribution >= 0.6 is 0 Å². The van der Waals surface area contributed by atoms with Gasteiger partial charge in [-0.2, -0.15) is 0 Å². The third kappa shape index (κ3) is 8.65. The highest BCUT2D eigenvalue weighted by molar-refractivity contribution is 5.98. The average Bonchev–Trinajstić information content (AvgIpc) is 2.73. The van der Waals surface area contributed by atoms with Crippen LogP contribution in [0.4, 0.5) is 0 Å². The van der Waals surface area contributed by atoms with Crippen molar-refractivity contribution in [3.05, 3.63) is 35.4 Å². The van der Waals surface area contributed by atoms with Crippen LogP contribution in [0.2, 0.25) is 0 Å². The van der Waals surface area contributed by atoms with E-state index in [1.54, 1.807) is 12.1 Å². The summed E-state index contributed by atoms with van der Waals surface area (Å²) >= 11 is 0. The molecular weight excluding hydrogens is 350 g/mol. The predicted octanol–water partition coefficient (Wildman–Crippen LogP) is 0.263. The van der Waals surface area contributed by atoms with E-state index in [9.17, 15) is 14.4 Å². The monoisotopic (exact) mass is 381 g/mol. The van der Waals surface area contributed by atoms with Gasteiger partial charge in [-0.25, -0.2) is 0 Å². The van der Waals surface area contributed by atoms with E-state index in [1.165, 1.54) is 0 Å². The Kier molecular flexibility index (Phi) is 9.18. The molecule has 0 fully saturated rings. The Labute approximate surface area is 162 Å². The van der Waals surface area contributed by atoms with E-state index >= 15 is 0 Å². The summed E-state index contributed by atoms with van der Waals surface area (Å²) in [7, 11) is -0.416. The molecule has 150 valence electrons. The molecule has 0 bridgehead atoms. The maximum absolute atomic E-state index is 12.5. The Hall–Kier alpha value is -2.45. The molecule has 8 heteroatoms. The van der Waals surface area contributed by atoms with Crippen LogP contribution in [0.5, 0.6) is 0 Å². The van der Waals surface area contributed by atoms with Crippen LogP contribution in [0, 0.1) is 0 Å². The molecule has 0 saturated heterocycles. The van der Waals surface area contributed by atoms with Gasteiger partial charge in [-0.1, -0.05) is 19.1 Å². The van der Waals surface area contributed by atoms with E-state index < -0.39 is 23.8 Å². The van der Waals surface area contributed by atoms with Crippen LogP contribution < -0.4 is 16.0 Å². The third-order valence-corrected chi connectivity index (χ3v) is 3.75. The summed E-state index contributed by atoms with van der Waals surface area (Å²) in [4.78, 5) is 37.0. The topological polar surface area (TPSA) is 106 Å². The molecule has 8 nitrogen and oxygen atoms in total. The molecule has 0 heterocycles. The lowest BCUT2D eigenvalue weighted by Crippen LogP contribution is -2.49. The standard InChI is InChI=1S/C19H29N3O5/c1-4-14-5-7-15(8-6-14)18(24)22-16(19(25)21-10-12-27-3)13-17(23)20-9-11-26-2/h5-8,16H,4,9-13H2,1-3H3,(H,20,23)(H,21,25)(H,22,24)/t16-/m0/s1/i2D,3D. The number of amides is 3. The maximum atomic E-state index is 12.5. The maximum Gasteiger partial charge on any atom is 0.251 e. The van der Waals surface area contributed by atoms with E-state index in [1.807, 2.05) is 19.1 Å². The van der Waals surface area contributed by atoms with E-state index in [2.05, 4.69) is 16.0 Å². The number of carbonyl (C=O) groups excluding carboxylic acids is 3. The predicted molar refractivity (Wildman–Crippen MR) is 101 cm³/mol. The van der Waals surface area contributed by atoms with Crippen molar-refractivity contribution in [3.63, 3.8) is 0 Å². The van der Waals surface area contributed by atoms with Gasteiger partial charge >= 0.3 is 0 Å². The van der Waals surface area contributed by atoms with Crippen molar-refractivity contribution in [1.82, 2.24) is 16.0 Å². The first kappa shape index (κ1) is 19.3. The van der Waals surface area contributed by atoms with Gasteiger partial charge in [0.05, 0.1) is 22.4 Å². The van der Waals surface area contributed by atoms with Crippen LogP contribution in [-0.2, 0) is 25.5 Å². The molecule has 0 aliphatic carbocycles. The van der Waals surface area contributed by atoms with Gasteiger partial charge < -0.3 is 25.4 Å². The van der Waals surface area contributed by atoms with Gasteiger partial charge in [0.15, 0.2) is 0 Å². The van der Waals surface area contributed by atoms with Crippen LogP contribution in [0.15, 0.2) is 24.3 Å². The summed E-state index contributed by atoms with van der Waals surface area (Å²) < 4.78 is 23.5. The van der Waals surface area contributed by atoms with Crippen molar-refractivity contribution in [2.45, 2.75) is 25.8 Å². The molecule has 0 aliphatic rings. The fourth-order valence-corrected chi connectivity index (χ4v) is 2.23. The van der Waals surface area contributed by atoms with Gasteiger partial charge in [0.1, 0.15) is 6.04 Å². The second kappa shape index (κ2) is 12.8. The van der Waals surface area contributed by atoms with E-state index in [4.69, 9.17) is 12.2 Å². The molecule has 3 N–H and O–H groups in total. The fraction of sp³-hybridized carbons (Fsp3) is 0.526. The lowest BCUT2D eigenvalue weighted by Gasteiger charge is -2.18. The molecule has 0 radical (unpaired) electrons. The number of nitrogens with one attached hydrogen (secondary N) is 3. The largest absolute Gasteiger partial charge is 0.383 e. The number of hydrogen-bond acceptors (Lipinski definition) is 5. The molecule has 0 aliphatic heterocycles. The van der Waals surface area contributed by atoms with Gasteiger partial charge in [-0.3, -0.25) is 14.4 Å². The quantitative estimate of drug-likeness (QED) is 0.451. The van der Waals surface area contributed by atoms with Crippen LogP contribution in [0.1, 0.15) is 32.0 Å². The molecule has 1 rings (SSSR count). The zero-order chi connectivity index (χ0) is 21.5. The highest BCUT2D eigenvalue weighted by atomic mass is 16.5. The minimum absolute atomic E-state index is 0.158. The fourth-order valence-electron chi connectivity index (χ4n) is 2.23. The zero-order valence-electron chi connectivity index (χ0n) is 17.6. The van der Waals surface area contributed by atoms with Crippen molar-refractivity contribution in [2.75, 3.05) is 40.5 Å². The van der Waals surface area contributed by atoms with Crippen molar-refractivity contribution in [2.24, 2.45) is 0 Å². The van der Waals surface area contributed by atoms with Crippen molar-refractivity contribution < 1.29 is 26.6 Å². The Morgan fingerprint density at radius 2 is 1.67 bits per heavy atom. The summed E-state index contributed by atoms with van der Waals surface area (Å²) in [5, 5.41) is 7.76. The first-order chi connectivity index (χ1) is 14.0. The summed E-state index contributed by atoms with van der Waals surface area (Å²) in [6.45, 7) is 2.72. The number of rotatable bonds is 12. The van der Waals surface area contributed by atoms with Gasteiger partial charge in [0, 0.05) is 32.8 Å². The average molecular weight is 381 g/mol. The zero-order valence-corrected chi connectivity index (χ0v) is 15.6. The van der Waals surface area contributed by atoms with Gasteiger partial charge in [-0.15, -0.1) is 0 Å². The molecule has 0 unspecified atom stereocenters. The smallest absolute Gasteiger partial charge is 0.251 e. The number of aryl methyl sites for hydroxylation is 1. The minimum Gasteiger partial charge on any atom is -0.383 e. The first-order valence-electron chi connectivity index (χ1n) is 10.1. The summed E-state index contributed by atoms with van der Waals surface area (Å²) in [5.74, 6) is -1.40.